The van der Waals surface area contributed by atoms with Crippen LogP contribution in [0.5, 0.6) is 5.75 Å². The summed E-state index contributed by atoms with van der Waals surface area (Å²) in [5.41, 5.74) is -0.206. The van der Waals surface area contributed by atoms with Gasteiger partial charge in [0.2, 0.25) is 11.8 Å². The number of nitrogens with zero attached hydrogens (tertiary/aromatic N) is 1. The predicted molar refractivity (Wildman–Crippen MR) is 91.0 cm³/mol. The maximum Gasteiger partial charge on any atom is 0.243 e. The van der Waals surface area contributed by atoms with Crippen LogP contribution in [0.1, 0.15) is 20.3 Å². The van der Waals surface area contributed by atoms with E-state index in [9.17, 15) is 9.59 Å². The molecule has 1 N–H and O–H groups in total. The molecule has 0 heterocycles. The van der Waals surface area contributed by atoms with E-state index in [2.05, 4.69) is 5.32 Å². The molecule has 0 saturated heterocycles. The number of hydrogen-bond acceptors (Lipinski definition) is 3. The highest BCUT2D eigenvalue weighted by molar-refractivity contribution is 6.53. The number of rotatable bonds is 6. The highest BCUT2D eigenvalue weighted by Gasteiger charge is 2.68. The lowest BCUT2D eigenvalue weighted by Crippen LogP contribution is -2.42. The number of halogens is 2. The van der Waals surface area contributed by atoms with Gasteiger partial charge in [0.15, 0.2) is 0 Å². The van der Waals surface area contributed by atoms with E-state index in [0.29, 0.717) is 24.4 Å². The van der Waals surface area contributed by atoms with Crippen molar-refractivity contribution in [3.63, 3.8) is 0 Å². The third-order valence-electron chi connectivity index (χ3n) is 4.09. The summed E-state index contributed by atoms with van der Waals surface area (Å²) in [6.45, 7) is 3.89. The Morgan fingerprint density at radius 3 is 2.57 bits per heavy atom. The molecule has 7 heteroatoms. The zero-order valence-corrected chi connectivity index (χ0v) is 14.9. The molecular formula is C16H20Cl2N2O3. The van der Waals surface area contributed by atoms with Gasteiger partial charge in [0.05, 0.1) is 19.1 Å². The Bertz CT molecular complexity index is 621. The molecule has 0 aromatic heterocycles. The quantitative estimate of drug-likeness (QED) is 0.795. The largest absolute Gasteiger partial charge is 0.497 e. The Morgan fingerprint density at radius 2 is 2.04 bits per heavy atom. The van der Waals surface area contributed by atoms with Crippen molar-refractivity contribution < 1.29 is 14.3 Å². The second kappa shape index (κ2) is 6.57. The molecule has 1 fully saturated rings. The molecule has 0 radical (unpaired) electrons. The zero-order valence-electron chi connectivity index (χ0n) is 13.4. The first-order valence-corrected chi connectivity index (χ1v) is 8.10. The molecule has 1 aromatic carbocycles. The summed E-state index contributed by atoms with van der Waals surface area (Å²) in [5.74, 6) is 0.156. The Kier molecular flexibility index (Phi) is 5.11. The predicted octanol–water partition coefficient (Wildman–Crippen LogP) is 3.07. The van der Waals surface area contributed by atoms with Gasteiger partial charge >= 0.3 is 0 Å². The van der Waals surface area contributed by atoms with Gasteiger partial charge in [0.25, 0.3) is 0 Å². The fourth-order valence-electron chi connectivity index (χ4n) is 2.38. The minimum Gasteiger partial charge on any atom is -0.497 e. The first-order valence-electron chi connectivity index (χ1n) is 7.34. The van der Waals surface area contributed by atoms with E-state index >= 15 is 0 Å². The number of benzene rings is 1. The molecule has 2 rings (SSSR count). The molecule has 0 spiro atoms. The number of carbonyl (C=O) groups excluding carboxylic acids is 2. The Balaban J connectivity index is 1.99. The smallest absolute Gasteiger partial charge is 0.243 e. The van der Waals surface area contributed by atoms with Crippen molar-refractivity contribution in [3.8, 4) is 5.75 Å². The number of nitrogens with one attached hydrogen (secondary N) is 1. The Morgan fingerprint density at radius 1 is 1.39 bits per heavy atom. The molecule has 0 aliphatic heterocycles. The van der Waals surface area contributed by atoms with Crippen LogP contribution < -0.4 is 10.1 Å². The van der Waals surface area contributed by atoms with E-state index in [-0.39, 0.29) is 18.4 Å². The highest BCUT2D eigenvalue weighted by Crippen LogP contribution is 2.64. The van der Waals surface area contributed by atoms with Gasteiger partial charge in [-0.1, -0.05) is 6.07 Å². The standard InChI is InChI=1S/C16H20Cl2N2O3/c1-4-20(14(22)15(2)10-16(15,17)18)9-13(21)19-11-6-5-7-12(8-11)23-3/h5-8H,4,9-10H2,1-3H3,(H,19,21). The Hall–Kier alpha value is -1.46. The number of anilines is 1. The lowest BCUT2D eigenvalue weighted by atomic mass is 10.1. The van der Waals surface area contributed by atoms with Crippen molar-refractivity contribution in [1.82, 2.24) is 4.90 Å². The first kappa shape index (κ1) is 17.9. The third kappa shape index (κ3) is 3.72. The minimum absolute atomic E-state index is 0.0496. The van der Waals surface area contributed by atoms with Crippen LogP contribution in [0, 0.1) is 5.41 Å². The number of hydrogen-bond donors (Lipinski definition) is 1. The molecule has 126 valence electrons. The van der Waals surface area contributed by atoms with Gasteiger partial charge in [-0.15, -0.1) is 23.2 Å². The van der Waals surface area contributed by atoms with E-state index < -0.39 is 9.75 Å². The maximum atomic E-state index is 12.5. The van der Waals surface area contributed by atoms with Crippen LogP contribution in [0.15, 0.2) is 24.3 Å². The summed E-state index contributed by atoms with van der Waals surface area (Å²) in [7, 11) is 1.55. The SMILES string of the molecule is CCN(CC(=O)Nc1cccc(OC)c1)C(=O)C1(C)CC1(Cl)Cl. The van der Waals surface area contributed by atoms with Crippen LogP contribution in [-0.4, -0.2) is 41.2 Å². The average molecular weight is 359 g/mol. The normalized spacial score (nSPS) is 21.4. The second-order valence-corrected chi connectivity index (χ2v) is 7.30. The molecule has 23 heavy (non-hydrogen) atoms. The summed E-state index contributed by atoms with van der Waals surface area (Å²) in [6, 6.07) is 7.02. The lowest BCUT2D eigenvalue weighted by molar-refractivity contribution is -0.139. The average Bonchev–Trinajstić information content (AvgIpc) is 3.04. The monoisotopic (exact) mass is 358 g/mol. The maximum absolute atomic E-state index is 12.5. The van der Waals surface area contributed by atoms with Gasteiger partial charge in [0.1, 0.15) is 10.1 Å². The van der Waals surface area contributed by atoms with Gasteiger partial charge in [-0.25, -0.2) is 0 Å². The van der Waals surface area contributed by atoms with Crippen molar-refractivity contribution in [2.75, 3.05) is 25.5 Å². The molecule has 1 aromatic rings. The zero-order chi connectivity index (χ0) is 17.3. The van der Waals surface area contributed by atoms with Crippen molar-refractivity contribution in [2.24, 2.45) is 5.41 Å². The molecule has 1 unspecified atom stereocenters. The molecule has 5 nitrogen and oxygen atoms in total. The first-order chi connectivity index (χ1) is 10.7. The molecule has 1 aliphatic rings. The van der Waals surface area contributed by atoms with Gasteiger partial charge < -0.3 is 15.0 Å². The van der Waals surface area contributed by atoms with Gasteiger partial charge in [0, 0.05) is 18.3 Å². The van der Waals surface area contributed by atoms with Crippen molar-refractivity contribution in [1.29, 1.82) is 0 Å². The van der Waals surface area contributed by atoms with Crippen LogP contribution in [0.2, 0.25) is 0 Å². The molecule has 1 aliphatic carbocycles. The number of methoxy groups -OCH3 is 1. The van der Waals surface area contributed by atoms with Gasteiger partial charge in [-0.2, -0.15) is 0 Å². The molecular weight excluding hydrogens is 339 g/mol. The summed E-state index contributed by atoms with van der Waals surface area (Å²) in [4.78, 5) is 26.2. The Labute approximate surface area is 145 Å². The molecule has 2 amide bonds. The van der Waals surface area contributed by atoms with E-state index in [1.54, 1.807) is 38.3 Å². The number of amides is 2. The topological polar surface area (TPSA) is 58.6 Å². The lowest BCUT2D eigenvalue weighted by Gasteiger charge is -2.24. The van der Waals surface area contributed by atoms with E-state index in [1.165, 1.54) is 4.90 Å². The van der Waals surface area contributed by atoms with Crippen LogP contribution in [0.4, 0.5) is 5.69 Å². The van der Waals surface area contributed by atoms with Crippen molar-refractivity contribution in [3.05, 3.63) is 24.3 Å². The molecule has 1 atom stereocenters. The van der Waals surface area contributed by atoms with Crippen molar-refractivity contribution >= 4 is 40.7 Å². The molecule has 0 bridgehead atoms. The van der Waals surface area contributed by atoms with Crippen LogP contribution >= 0.6 is 23.2 Å². The summed E-state index contributed by atoms with van der Waals surface area (Å²) in [5, 5.41) is 2.75. The van der Waals surface area contributed by atoms with Crippen LogP contribution in [0.25, 0.3) is 0 Å². The summed E-state index contributed by atoms with van der Waals surface area (Å²) < 4.78 is 4.07. The van der Waals surface area contributed by atoms with Crippen molar-refractivity contribution in [2.45, 2.75) is 24.6 Å². The van der Waals surface area contributed by atoms with Crippen LogP contribution in [0.3, 0.4) is 0 Å². The minimum atomic E-state index is -1.04. The second-order valence-electron chi connectivity index (χ2n) is 5.81. The fraction of sp³-hybridized carbons (Fsp3) is 0.500. The number of ether oxygens (including phenoxy) is 1. The van der Waals surface area contributed by atoms with E-state index in [1.807, 2.05) is 6.92 Å². The third-order valence-corrected chi connectivity index (χ3v) is 5.19. The fourth-order valence-corrected chi connectivity index (χ4v) is 3.08. The molecule has 1 saturated carbocycles. The van der Waals surface area contributed by atoms with Crippen LogP contribution in [-0.2, 0) is 9.59 Å². The van der Waals surface area contributed by atoms with E-state index in [0.717, 1.165) is 0 Å². The number of likely N-dealkylation sites (N-methyl/N-ethyl adjacent to an activating group) is 1. The highest BCUT2D eigenvalue weighted by atomic mass is 35.5. The van der Waals surface area contributed by atoms with Gasteiger partial charge in [-0.3, -0.25) is 9.59 Å². The number of carbonyl (C=O) groups is 2. The van der Waals surface area contributed by atoms with Gasteiger partial charge in [-0.05, 0) is 32.4 Å². The summed E-state index contributed by atoms with van der Waals surface area (Å²) >= 11 is 12.1. The van der Waals surface area contributed by atoms with E-state index in [4.69, 9.17) is 27.9 Å². The summed E-state index contributed by atoms with van der Waals surface area (Å²) in [6.07, 6.45) is 0.399. The number of alkyl halides is 2.